The number of anilines is 1. The van der Waals surface area contributed by atoms with E-state index in [2.05, 4.69) is 29.4 Å². The smallest absolute Gasteiger partial charge is 0.238 e. The van der Waals surface area contributed by atoms with Crippen LogP contribution in [-0.4, -0.2) is 30.7 Å². The first-order valence-electron chi connectivity index (χ1n) is 8.66. The minimum atomic E-state index is -0.310. The molecule has 0 saturated carbocycles. The Bertz CT molecular complexity index is 963. The maximum absolute atomic E-state index is 12.6. The first-order chi connectivity index (χ1) is 13.0. The monoisotopic (exact) mass is 419 g/mol. The highest BCUT2D eigenvalue weighted by molar-refractivity contribution is 8.02. The maximum atomic E-state index is 12.6. The molecule has 3 rings (SSSR count). The highest BCUT2D eigenvalue weighted by atomic mass is 32.2. The van der Waals surface area contributed by atoms with Crippen LogP contribution in [0.25, 0.3) is 5.69 Å². The predicted octanol–water partition coefficient (Wildman–Crippen LogP) is 4.95. The van der Waals surface area contributed by atoms with Gasteiger partial charge in [0.1, 0.15) is 5.82 Å². The van der Waals surface area contributed by atoms with Crippen molar-refractivity contribution < 1.29 is 4.79 Å². The zero-order chi connectivity index (χ0) is 19.4. The highest BCUT2D eigenvalue weighted by Gasteiger charge is 2.19. The van der Waals surface area contributed by atoms with Gasteiger partial charge >= 0.3 is 0 Å². The van der Waals surface area contributed by atoms with Gasteiger partial charge in [0.2, 0.25) is 5.91 Å². The molecule has 1 aromatic carbocycles. The molecule has 142 valence electrons. The van der Waals surface area contributed by atoms with Gasteiger partial charge in [-0.05, 0) is 44.6 Å². The lowest BCUT2D eigenvalue weighted by molar-refractivity contribution is -0.115. The van der Waals surface area contributed by atoms with Crippen molar-refractivity contribution >= 4 is 47.0 Å². The molecule has 27 heavy (non-hydrogen) atoms. The molecular weight excluding hydrogens is 398 g/mol. The Morgan fingerprint density at radius 2 is 2.04 bits per heavy atom. The summed E-state index contributed by atoms with van der Waals surface area (Å²) in [6.45, 7) is 6.03. The van der Waals surface area contributed by atoms with Crippen LogP contribution in [0.4, 0.5) is 5.82 Å². The summed E-state index contributed by atoms with van der Waals surface area (Å²) in [6.07, 6.45) is 2.64. The van der Waals surface area contributed by atoms with Gasteiger partial charge in [-0.2, -0.15) is 5.10 Å². The van der Waals surface area contributed by atoms with Crippen molar-refractivity contribution in [1.82, 2.24) is 19.6 Å². The Hall–Kier alpha value is -1.97. The van der Waals surface area contributed by atoms with Gasteiger partial charge in [0.15, 0.2) is 8.29 Å². The standard InChI is InChI=1S/C18H21N5OS3/c1-4-12(2)22-15(10-11-19-22)20-16(24)13(3)26-17-21-23(18(25)27-17)14-8-6-5-7-9-14/h5-13H,4H2,1-3H3,(H,20,24)/t12-,13+/m1/s1. The minimum absolute atomic E-state index is 0.0857. The number of para-hydroxylation sites is 1. The largest absolute Gasteiger partial charge is 0.310 e. The zero-order valence-corrected chi connectivity index (χ0v) is 17.8. The molecule has 1 N–H and O–H groups in total. The van der Waals surface area contributed by atoms with Crippen LogP contribution >= 0.6 is 35.3 Å². The Morgan fingerprint density at radius 3 is 2.74 bits per heavy atom. The predicted molar refractivity (Wildman–Crippen MR) is 113 cm³/mol. The number of rotatable bonds is 7. The molecule has 0 spiro atoms. The van der Waals surface area contributed by atoms with E-state index in [1.807, 2.05) is 48.0 Å². The van der Waals surface area contributed by atoms with E-state index in [1.54, 1.807) is 10.9 Å². The van der Waals surface area contributed by atoms with E-state index in [-0.39, 0.29) is 17.2 Å². The molecule has 1 amide bonds. The van der Waals surface area contributed by atoms with Crippen LogP contribution < -0.4 is 5.32 Å². The second-order valence-corrected chi connectivity index (χ2v) is 9.26. The number of nitrogens with zero attached hydrogens (tertiary/aromatic N) is 4. The van der Waals surface area contributed by atoms with Crippen LogP contribution in [0.15, 0.2) is 46.9 Å². The van der Waals surface area contributed by atoms with Crippen LogP contribution in [-0.2, 0) is 4.79 Å². The summed E-state index contributed by atoms with van der Waals surface area (Å²) in [5.74, 6) is 0.627. The lowest BCUT2D eigenvalue weighted by Crippen LogP contribution is -2.24. The van der Waals surface area contributed by atoms with E-state index in [1.165, 1.54) is 23.1 Å². The van der Waals surface area contributed by atoms with Crippen molar-refractivity contribution in [2.75, 3.05) is 5.32 Å². The van der Waals surface area contributed by atoms with Crippen LogP contribution in [0, 0.1) is 3.95 Å². The Labute approximate surface area is 171 Å². The van der Waals surface area contributed by atoms with Crippen molar-refractivity contribution in [2.45, 2.75) is 42.8 Å². The molecule has 3 aromatic rings. The van der Waals surface area contributed by atoms with Gasteiger partial charge in [-0.15, -0.1) is 5.10 Å². The lowest BCUT2D eigenvalue weighted by Gasteiger charge is -2.15. The quantitative estimate of drug-likeness (QED) is 0.434. The minimum Gasteiger partial charge on any atom is -0.310 e. The van der Waals surface area contributed by atoms with E-state index >= 15 is 0 Å². The van der Waals surface area contributed by atoms with Crippen molar-refractivity contribution in [1.29, 1.82) is 0 Å². The highest BCUT2D eigenvalue weighted by Crippen LogP contribution is 2.28. The summed E-state index contributed by atoms with van der Waals surface area (Å²) in [5.41, 5.74) is 0.917. The number of thioether (sulfide) groups is 1. The van der Waals surface area contributed by atoms with Gasteiger partial charge in [-0.25, -0.2) is 9.36 Å². The van der Waals surface area contributed by atoms with Crippen molar-refractivity contribution in [3.63, 3.8) is 0 Å². The maximum Gasteiger partial charge on any atom is 0.238 e. The molecule has 0 radical (unpaired) electrons. The summed E-state index contributed by atoms with van der Waals surface area (Å²) < 4.78 is 4.99. The second-order valence-electron chi connectivity index (χ2n) is 6.05. The number of benzene rings is 1. The van der Waals surface area contributed by atoms with Gasteiger partial charge in [-0.1, -0.05) is 48.2 Å². The fourth-order valence-corrected chi connectivity index (χ4v) is 4.92. The first kappa shape index (κ1) is 19.8. The van der Waals surface area contributed by atoms with E-state index in [4.69, 9.17) is 12.2 Å². The fourth-order valence-electron chi connectivity index (χ4n) is 2.41. The van der Waals surface area contributed by atoms with E-state index in [0.29, 0.717) is 9.77 Å². The number of hydrogen-bond acceptors (Lipinski definition) is 6. The van der Waals surface area contributed by atoms with Crippen molar-refractivity contribution in [3.8, 4) is 5.69 Å². The summed E-state index contributed by atoms with van der Waals surface area (Å²) in [7, 11) is 0. The lowest BCUT2D eigenvalue weighted by atomic mass is 10.3. The fraction of sp³-hybridized carbons (Fsp3) is 0.333. The summed E-state index contributed by atoms with van der Waals surface area (Å²) in [6, 6.07) is 11.8. The van der Waals surface area contributed by atoms with Gasteiger partial charge in [0, 0.05) is 6.07 Å². The zero-order valence-electron chi connectivity index (χ0n) is 15.3. The number of hydrogen-bond donors (Lipinski definition) is 1. The first-order valence-corrected chi connectivity index (χ1v) is 10.8. The molecule has 2 heterocycles. The molecule has 0 fully saturated rings. The third-order valence-corrected chi connectivity index (χ3v) is 6.52. The van der Waals surface area contributed by atoms with Gasteiger partial charge in [0.05, 0.1) is 23.2 Å². The summed E-state index contributed by atoms with van der Waals surface area (Å²) in [4.78, 5) is 12.6. The average Bonchev–Trinajstić information content (AvgIpc) is 3.28. The SMILES string of the molecule is CC[C@@H](C)n1nccc1NC(=O)[C@H](C)Sc1nn(-c2ccccc2)c(=S)s1. The number of carbonyl (C=O) groups excluding carboxylic acids is 1. The molecule has 0 aliphatic carbocycles. The van der Waals surface area contributed by atoms with E-state index in [9.17, 15) is 4.79 Å². The van der Waals surface area contributed by atoms with Gasteiger partial charge < -0.3 is 5.32 Å². The van der Waals surface area contributed by atoms with Crippen LogP contribution in [0.2, 0.25) is 0 Å². The van der Waals surface area contributed by atoms with Gasteiger partial charge in [0.25, 0.3) is 0 Å². The van der Waals surface area contributed by atoms with Crippen LogP contribution in [0.3, 0.4) is 0 Å². The number of nitrogens with one attached hydrogen (secondary N) is 1. The molecule has 0 aliphatic rings. The molecule has 0 aliphatic heterocycles. The molecular formula is C18H21N5OS3. The third-order valence-electron chi connectivity index (χ3n) is 4.11. The molecule has 2 aromatic heterocycles. The Kier molecular flexibility index (Phi) is 6.46. The number of carbonyl (C=O) groups is 1. The Morgan fingerprint density at radius 1 is 1.30 bits per heavy atom. The summed E-state index contributed by atoms with van der Waals surface area (Å²) in [5, 5.41) is 11.5. The van der Waals surface area contributed by atoms with Gasteiger partial charge in [-0.3, -0.25) is 4.79 Å². The van der Waals surface area contributed by atoms with E-state index in [0.717, 1.165) is 16.4 Å². The molecule has 6 nitrogen and oxygen atoms in total. The molecule has 0 saturated heterocycles. The van der Waals surface area contributed by atoms with Crippen molar-refractivity contribution in [3.05, 3.63) is 46.5 Å². The molecule has 0 unspecified atom stereocenters. The van der Waals surface area contributed by atoms with Crippen LogP contribution in [0.1, 0.15) is 33.2 Å². The van der Waals surface area contributed by atoms with E-state index < -0.39 is 0 Å². The second kappa shape index (κ2) is 8.81. The van der Waals surface area contributed by atoms with Crippen LogP contribution in [0.5, 0.6) is 0 Å². The average molecular weight is 420 g/mol. The topological polar surface area (TPSA) is 64.7 Å². The molecule has 0 bridgehead atoms. The normalized spacial score (nSPS) is 13.3. The number of aromatic nitrogens is 4. The third kappa shape index (κ3) is 4.66. The van der Waals surface area contributed by atoms with Crippen molar-refractivity contribution in [2.24, 2.45) is 0 Å². The number of amides is 1. The Balaban J connectivity index is 1.69. The molecule has 9 heteroatoms. The molecule has 2 atom stereocenters. The summed E-state index contributed by atoms with van der Waals surface area (Å²) >= 11 is 8.23.